The van der Waals surface area contributed by atoms with Crippen LogP contribution in [0.2, 0.25) is 10.0 Å². The molecular formula is C17H11Cl2F6N3O2. The minimum Gasteiger partial charge on any atom is -0.386 e. The van der Waals surface area contributed by atoms with Gasteiger partial charge in [-0.25, -0.2) is 0 Å². The van der Waals surface area contributed by atoms with E-state index in [4.69, 9.17) is 23.2 Å². The van der Waals surface area contributed by atoms with Crippen LogP contribution in [0.4, 0.5) is 26.3 Å². The van der Waals surface area contributed by atoms with Crippen molar-refractivity contribution < 1.29 is 36.0 Å². The lowest BCUT2D eigenvalue weighted by atomic mass is 10.1. The van der Waals surface area contributed by atoms with Crippen LogP contribution in [0.15, 0.2) is 41.7 Å². The van der Waals surface area contributed by atoms with Gasteiger partial charge in [0.15, 0.2) is 0 Å². The van der Waals surface area contributed by atoms with Gasteiger partial charge in [-0.05, 0) is 18.2 Å². The SMILES string of the molecule is O=C(NCC(=NOCC(F)(F)F)c1ncc(Cl)cc1Cl)c1ccccc1C(F)(F)F. The standard InChI is InChI=1S/C17H11Cl2F6N3O2/c18-9-5-12(19)14(26-6-9)13(28-30-8-16(20,21)22)7-27-15(29)10-3-1-2-4-11(10)17(23,24)25/h1-6H,7-8H2,(H,27,29). The third-order valence-electron chi connectivity index (χ3n) is 3.38. The summed E-state index contributed by atoms with van der Waals surface area (Å²) >= 11 is 11.7. The first-order valence-electron chi connectivity index (χ1n) is 7.90. The second-order valence-electron chi connectivity index (χ2n) is 5.64. The lowest BCUT2D eigenvalue weighted by Gasteiger charge is -2.14. The Bertz CT molecular complexity index is 948. The van der Waals surface area contributed by atoms with E-state index in [0.717, 1.165) is 18.3 Å². The molecule has 1 heterocycles. The summed E-state index contributed by atoms with van der Waals surface area (Å²) in [6, 6.07) is 5.21. The quantitative estimate of drug-likeness (QED) is 0.359. The fourth-order valence-electron chi connectivity index (χ4n) is 2.16. The third-order valence-corrected chi connectivity index (χ3v) is 3.87. The van der Waals surface area contributed by atoms with E-state index < -0.39 is 42.5 Å². The van der Waals surface area contributed by atoms with E-state index in [1.807, 2.05) is 0 Å². The normalized spacial score (nSPS) is 12.6. The first kappa shape index (κ1) is 23.7. The third kappa shape index (κ3) is 6.77. The Labute approximate surface area is 175 Å². The highest BCUT2D eigenvalue weighted by molar-refractivity contribution is 6.36. The molecule has 0 spiro atoms. The second kappa shape index (κ2) is 9.52. The lowest BCUT2D eigenvalue weighted by Crippen LogP contribution is -2.32. The topological polar surface area (TPSA) is 63.6 Å². The monoisotopic (exact) mass is 473 g/mol. The van der Waals surface area contributed by atoms with Gasteiger partial charge in [0.2, 0.25) is 6.61 Å². The number of benzene rings is 1. The van der Waals surface area contributed by atoms with Crippen molar-refractivity contribution in [2.75, 3.05) is 13.2 Å². The van der Waals surface area contributed by atoms with Crippen LogP contribution in [-0.4, -0.2) is 35.9 Å². The number of hydrogen-bond donors (Lipinski definition) is 1. The van der Waals surface area contributed by atoms with Gasteiger partial charge in [-0.3, -0.25) is 9.78 Å². The summed E-state index contributed by atoms with van der Waals surface area (Å²) < 4.78 is 76.1. The molecule has 1 amide bonds. The number of aromatic nitrogens is 1. The van der Waals surface area contributed by atoms with Gasteiger partial charge in [-0.15, -0.1) is 0 Å². The molecule has 0 bridgehead atoms. The number of carbonyl (C=O) groups excluding carboxylic acids is 1. The largest absolute Gasteiger partial charge is 0.425 e. The maximum Gasteiger partial charge on any atom is 0.425 e. The van der Waals surface area contributed by atoms with E-state index in [-0.39, 0.29) is 21.5 Å². The average Bonchev–Trinajstić information content (AvgIpc) is 2.63. The van der Waals surface area contributed by atoms with Crippen LogP contribution >= 0.6 is 23.2 Å². The Morgan fingerprint density at radius 1 is 1.13 bits per heavy atom. The molecule has 162 valence electrons. The van der Waals surface area contributed by atoms with Crippen LogP contribution in [0.3, 0.4) is 0 Å². The fraction of sp³-hybridized carbons (Fsp3) is 0.235. The molecule has 13 heteroatoms. The highest BCUT2D eigenvalue weighted by atomic mass is 35.5. The van der Waals surface area contributed by atoms with Gasteiger partial charge in [0, 0.05) is 6.20 Å². The summed E-state index contributed by atoms with van der Waals surface area (Å²) in [6.45, 7) is -2.37. The molecule has 5 nitrogen and oxygen atoms in total. The van der Waals surface area contributed by atoms with E-state index in [1.54, 1.807) is 0 Å². The molecule has 2 aromatic rings. The van der Waals surface area contributed by atoms with Crippen LogP contribution in [-0.2, 0) is 11.0 Å². The molecule has 0 aliphatic heterocycles. The zero-order valence-electron chi connectivity index (χ0n) is 14.6. The zero-order valence-corrected chi connectivity index (χ0v) is 16.1. The van der Waals surface area contributed by atoms with Crippen molar-refractivity contribution in [3.63, 3.8) is 0 Å². The van der Waals surface area contributed by atoms with E-state index in [0.29, 0.717) is 6.07 Å². The number of amides is 1. The number of carbonyl (C=O) groups is 1. The molecule has 0 aliphatic carbocycles. The number of alkyl halides is 6. The predicted octanol–water partition coefficient (Wildman–Crippen LogP) is 5.12. The number of pyridine rings is 1. The Hall–Kier alpha value is -2.53. The smallest absolute Gasteiger partial charge is 0.386 e. The lowest BCUT2D eigenvalue weighted by molar-refractivity contribution is -0.173. The van der Waals surface area contributed by atoms with Crippen LogP contribution in [0, 0.1) is 0 Å². The minimum absolute atomic E-state index is 0.113. The summed E-state index contributed by atoms with van der Waals surface area (Å²) in [7, 11) is 0. The number of halogens is 8. The molecule has 0 aliphatic rings. The number of oxime groups is 1. The molecule has 0 saturated carbocycles. The Kier molecular flexibility index (Phi) is 7.54. The molecule has 1 aromatic carbocycles. The van der Waals surface area contributed by atoms with Gasteiger partial charge in [0.05, 0.1) is 27.7 Å². The van der Waals surface area contributed by atoms with E-state index >= 15 is 0 Å². The van der Waals surface area contributed by atoms with Crippen LogP contribution in [0.1, 0.15) is 21.6 Å². The molecule has 0 radical (unpaired) electrons. The summed E-state index contributed by atoms with van der Waals surface area (Å²) in [6.07, 6.45) is -8.37. The van der Waals surface area contributed by atoms with Crippen molar-refractivity contribution >= 4 is 34.8 Å². The van der Waals surface area contributed by atoms with Gasteiger partial charge in [0.25, 0.3) is 5.91 Å². The molecule has 0 saturated heterocycles. The first-order valence-corrected chi connectivity index (χ1v) is 8.65. The van der Waals surface area contributed by atoms with Crippen molar-refractivity contribution in [1.82, 2.24) is 10.3 Å². The summed E-state index contributed by atoms with van der Waals surface area (Å²) in [5.41, 5.74) is -2.40. The molecule has 0 fully saturated rings. The van der Waals surface area contributed by atoms with Crippen molar-refractivity contribution in [2.24, 2.45) is 5.16 Å². The highest BCUT2D eigenvalue weighted by Gasteiger charge is 2.35. The van der Waals surface area contributed by atoms with Crippen LogP contribution < -0.4 is 5.32 Å². The maximum absolute atomic E-state index is 13.1. The van der Waals surface area contributed by atoms with Crippen molar-refractivity contribution in [1.29, 1.82) is 0 Å². The zero-order chi connectivity index (χ0) is 22.5. The van der Waals surface area contributed by atoms with Gasteiger partial charge in [0.1, 0.15) is 11.4 Å². The van der Waals surface area contributed by atoms with Crippen molar-refractivity contribution in [3.8, 4) is 0 Å². The van der Waals surface area contributed by atoms with E-state index in [1.165, 1.54) is 12.1 Å². The van der Waals surface area contributed by atoms with E-state index in [9.17, 15) is 31.1 Å². The number of hydrogen-bond acceptors (Lipinski definition) is 4. The fourth-order valence-corrected chi connectivity index (χ4v) is 2.65. The van der Waals surface area contributed by atoms with Gasteiger partial charge in [-0.1, -0.05) is 40.5 Å². The van der Waals surface area contributed by atoms with Crippen molar-refractivity contribution in [3.05, 3.63) is 63.4 Å². The van der Waals surface area contributed by atoms with Crippen LogP contribution in [0.5, 0.6) is 0 Å². The van der Waals surface area contributed by atoms with Crippen LogP contribution in [0.25, 0.3) is 0 Å². The van der Waals surface area contributed by atoms with Gasteiger partial charge >= 0.3 is 12.4 Å². The molecule has 0 unspecified atom stereocenters. The average molecular weight is 474 g/mol. The van der Waals surface area contributed by atoms with Gasteiger partial charge < -0.3 is 10.2 Å². The first-order chi connectivity index (χ1) is 13.9. The Morgan fingerprint density at radius 3 is 2.40 bits per heavy atom. The molecule has 0 atom stereocenters. The highest BCUT2D eigenvalue weighted by Crippen LogP contribution is 2.31. The van der Waals surface area contributed by atoms with Crippen molar-refractivity contribution in [2.45, 2.75) is 12.4 Å². The maximum atomic E-state index is 13.1. The number of rotatable bonds is 6. The molecule has 30 heavy (non-hydrogen) atoms. The summed E-state index contributed by atoms with van der Waals surface area (Å²) in [4.78, 5) is 20.3. The van der Waals surface area contributed by atoms with Gasteiger partial charge in [-0.2, -0.15) is 26.3 Å². The Morgan fingerprint density at radius 2 is 1.80 bits per heavy atom. The summed E-state index contributed by atoms with van der Waals surface area (Å²) in [5, 5.41) is 5.40. The molecule has 1 N–H and O–H groups in total. The minimum atomic E-state index is -4.79. The molecular weight excluding hydrogens is 463 g/mol. The summed E-state index contributed by atoms with van der Waals surface area (Å²) in [5.74, 6) is -1.14. The predicted molar refractivity (Wildman–Crippen MR) is 96.6 cm³/mol. The van der Waals surface area contributed by atoms with E-state index in [2.05, 4.69) is 20.3 Å². The Balaban J connectivity index is 2.27. The second-order valence-corrected chi connectivity index (χ2v) is 6.48. The molecule has 2 rings (SSSR count). The number of nitrogens with one attached hydrogen (secondary N) is 1. The number of nitrogens with zero attached hydrogens (tertiary/aromatic N) is 2. The molecule has 1 aromatic heterocycles.